The summed E-state index contributed by atoms with van der Waals surface area (Å²) in [4.78, 5) is 17.4. The molecule has 100 valence electrons. The number of ether oxygens (including phenoxy) is 1. The van der Waals surface area contributed by atoms with E-state index in [4.69, 9.17) is 4.74 Å². The van der Waals surface area contributed by atoms with Gasteiger partial charge in [-0.15, -0.1) is 0 Å². The minimum atomic E-state index is -0.433. The maximum Gasteiger partial charge on any atom is 0.416 e. The molecule has 0 aliphatic carbocycles. The van der Waals surface area contributed by atoms with Gasteiger partial charge in [-0.2, -0.15) is 0 Å². The highest BCUT2D eigenvalue weighted by molar-refractivity contribution is 5.90. The average Bonchev–Trinajstić information content (AvgIpc) is 2.92. The Morgan fingerprint density at radius 1 is 1.42 bits per heavy atom. The minimum Gasteiger partial charge on any atom is -0.447 e. The van der Waals surface area contributed by atoms with Gasteiger partial charge in [0, 0.05) is 6.04 Å². The van der Waals surface area contributed by atoms with Crippen LogP contribution in [0.2, 0.25) is 0 Å². The summed E-state index contributed by atoms with van der Waals surface area (Å²) in [5.41, 5.74) is 0.968. The summed E-state index contributed by atoms with van der Waals surface area (Å²) >= 11 is 0. The van der Waals surface area contributed by atoms with Crippen molar-refractivity contribution in [2.24, 2.45) is 0 Å². The molecule has 6 heteroatoms. The van der Waals surface area contributed by atoms with E-state index in [2.05, 4.69) is 4.98 Å². The minimum absolute atomic E-state index is 0.0650. The van der Waals surface area contributed by atoms with Crippen molar-refractivity contribution < 1.29 is 13.9 Å². The normalized spacial score (nSPS) is 15.6. The first-order valence-corrected chi connectivity index (χ1v) is 6.20. The molecule has 0 atom stereocenters. The fourth-order valence-electron chi connectivity index (χ4n) is 2.35. The summed E-state index contributed by atoms with van der Waals surface area (Å²) in [6.45, 7) is 4.72. The number of hydrogen-bond acceptors (Lipinski definition) is 3. The Hall–Kier alpha value is -2.11. The zero-order valence-electron chi connectivity index (χ0n) is 10.8. The SMILES string of the molecule is CC(C)n1c(N2CCOC2=O)nc2c(F)cccc21. The molecule has 2 aromatic rings. The van der Waals surface area contributed by atoms with Crippen molar-refractivity contribution in [1.29, 1.82) is 0 Å². The number of para-hydroxylation sites is 1. The molecule has 1 aromatic heterocycles. The molecule has 3 rings (SSSR count). The zero-order chi connectivity index (χ0) is 13.6. The van der Waals surface area contributed by atoms with Gasteiger partial charge in [0.2, 0.25) is 5.95 Å². The topological polar surface area (TPSA) is 47.4 Å². The van der Waals surface area contributed by atoms with Crippen molar-refractivity contribution in [2.45, 2.75) is 19.9 Å². The second kappa shape index (κ2) is 4.22. The summed E-state index contributed by atoms with van der Waals surface area (Å²) in [6, 6.07) is 4.88. The molecule has 0 bridgehead atoms. The smallest absolute Gasteiger partial charge is 0.416 e. The van der Waals surface area contributed by atoms with E-state index in [9.17, 15) is 9.18 Å². The number of carbonyl (C=O) groups excluding carboxylic acids is 1. The van der Waals surface area contributed by atoms with Crippen LogP contribution < -0.4 is 4.90 Å². The summed E-state index contributed by atoms with van der Waals surface area (Å²) in [5.74, 6) is 0.0586. The maximum absolute atomic E-state index is 13.8. The predicted octanol–water partition coefficient (Wildman–Crippen LogP) is 2.71. The number of fused-ring (bicyclic) bond motifs is 1. The van der Waals surface area contributed by atoms with Crippen LogP contribution >= 0.6 is 0 Å². The number of imidazole rings is 1. The van der Waals surface area contributed by atoms with Gasteiger partial charge in [0.15, 0.2) is 5.82 Å². The summed E-state index contributed by atoms with van der Waals surface area (Å²) < 4.78 is 20.6. The monoisotopic (exact) mass is 263 g/mol. The van der Waals surface area contributed by atoms with Crippen LogP contribution in [0.25, 0.3) is 11.0 Å². The molecule has 5 nitrogen and oxygen atoms in total. The van der Waals surface area contributed by atoms with Crippen molar-refractivity contribution in [3.63, 3.8) is 0 Å². The van der Waals surface area contributed by atoms with Crippen LogP contribution in [0.4, 0.5) is 15.1 Å². The Morgan fingerprint density at radius 3 is 2.84 bits per heavy atom. The highest BCUT2D eigenvalue weighted by Gasteiger charge is 2.29. The molecule has 1 amide bonds. The maximum atomic E-state index is 13.8. The Kier molecular flexibility index (Phi) is 2.66. The van der Waals surface area contributed by atoms with Crippen LogP contribution in [0.15, 0.2) is 18.2 Å². The van der Waals surface area contributed by atoms with Crippen molar-refractivity contribution in [3.05, 3.63) is 24.0 Å². The number of aromatic nitrogens is 2. The summed E-state index contributed by atoms with van der Waals surface area (Å²) in [7, 11) is 0. The Balaban J connectivity index is 2.26. The van der Waals surface area contributed by atoms with Crippen molar-refractivity contribution in [1.82, 2.24) is 9.55 Å². The van der Waals surface area contributed by atoms with Gasteiger partial charge in [0.25, 0.3) is 0 Å². The first kappa shape index (κ1) is 12.0. The molecule has 1 fully saturated rings. The third kappa shape index (κ3) is 1.75. The van der Waals surface area contributed by atoms with Crippen molar-refractivity contribution in [2.75, 3.05) is 18.1 Å². The van der Waals surface area contributed by atoms with Gasteiger partial charge in [-0.3, -0.25) is 0 Å². The fourth-order valence-corrected chi connectivity index (χ4v) is 2.35. The van der Waals surface area contributed by atoms with E-state index in [1.807, 2.05) is 18.4 Å². The van der Waals surface area contributed by atoms with Gasteiger partial charge in [0.1, 0.15) is 12.1 Å². The number of halogens is 1. The fraction of sp³-hybridized carbons (Fsp3) is 0.385. The second-order valence-electron chi connectivity index (χ2n) is 4.75. The van der Waals surface area contributed by atoms with Crippen molar-refractivity contribution in [3.8, 4) is 0 Å². The molecule has 0 saturated carbocycles. The largest absolute Gasteiger partial charge is 0.447 e. The second-order valence-corrected chi connectivity index (χ2v) is 4.75. The Labute approximate surface area is 109 Å². The molecule has 0 spiro atoms. The van der Waals surface area contributed by atoms with Crippen LogP contribution in [-0.4, -0.2) is 28.8 Å². The molecular weight excluding hydrogens is 249 g/mol. The highest BCUT2D eigenvalue weighted by Crippen LogP contribution is 2.29. The average molecular weight is 263 g/mol. The van der Waals surface area contributed by atoms with Gasteiger partial charge in [-0.1, -0.05) is 6.07 Å². The highest BCUT2D eigenvalue weighted by atomic mass is 19.1. The molecule has 0 N–H and O–H groups in total. The lowest BCUT2D eigenvalue weighted by Crippen LogP contribution is -2.27. The predicted molar refractivity (Wildman–Crippen MR) is 68.8 cm³/mol. The Bertz CT molecular complexity index is 651. The Morgan fingerprint density at radius 2 is 2.21 bits per heavy atom. The van der Waals surface area contributed by atoms with Crippen LogP contribution in [0.1, 0.15) is 19.9 Å². The van der Waals surface area contributed by atoms with E-state index >= 15 is 0 Å². The molecule has 2 heterocycles. The number of benzene rings is 1. The molecule has 1 aromatic carbocycles. The molecule has 1 aliphatic heterocycles. The van der Waals surface area contributed by atoms with Crippen LogP contribution in [0, 0.1) is 5.82 Å². The molecular formula is C13H14FN3O2. The van der Waals surface area contributed by atoms with Gasteiger partial charge in [-0.05, 0) is 26.0 Å². The summed E-state index contributed by atoms with van der Waals surface area (Å²) in [5, 5.41) is 0. The molecule has 19 heavy (non-hydrogen) atoms. The first-order valence-electron chi connectivity index (χ1n) is 6.20. The molecule has 0 unspecified atom stereocenters. The van der Waals surface area contributed by atoms with Gasteiger partial charge in [-0.25, -0.2) is 19.1 Å². The van der Waals surface area contributed by atoms with E-state index in [1.54, 1.807) is 12.1 Å². The quantitative estimate of drug-likeness (QED) is 0.837. The number of anilines is 1. The number of amides is 1. The number of carbonyl (C=O) groups is 1. The standard InChI is InChI=1S/C13H14FN3O2/c1-8(2)17-10-5-3-4-9(14)11(10)15-12(17)16-6-7-19-13(16)18/h3-5,8H,6-7H2,1-2H3. The number of hydrogen-bond donors (Lipinski definition) is 0. The zero-order valence-corrected chi connectivity index (χ0v) is 10.8. The number of nitrogens with zero attached hydrogens (tertiary/aromatic N) is 3. The molecule has 1 aliphatic rings. The van der Waals surface area contributed by atoms with Gasteiger partial charge >= 0.3 is 6.09 Å². The van der Waals surface area contributed by atoms with E-state index in [0.717, 1.165) is 0 Å². The number of cyclic esters (lactones) is 1. The first-order chi connectivity index (χ1) is 9.09. The van der Waals surface area contributed by atoms with Crippen LogP contribution in [-0.2, 0) is 4.74 Å². The van der Waals surface area contributed by atoms with Gasteiger partial charge < -0.3 is 9.30 Å². The lowest BCUT2D eigenvalue weighted by atomic mass is 10.3. The van der Waals surface area contributed by atoms with E-state index in [1.165, 1.54) is 11.0 Å². The lowest BCUT2D eigenvalue weighted by Gasteiger charge is -2.17. The van der Waals surface area contributed by atoms with Crippen LogP contribution in [0.3, 0.4) is 0 Å². The van der Waals surface area contributed by atoms with Crippen LogP contribution in [0.5, 0.6) is 0 Å². The lowest BCUT2D eigenvalue weighted by molar-refractivity contribution is 0.181. The van der Waals surface area contributed by atoms with Gasteiger partial charge in [0.05, 0.1) is 12.1 Å². The van der Waals surface area contributed by atoms with E-state index < -0.39 is 6.09 Å². The summed E-state index contributed by atoms with van der Waals surface area (Å²) in [6.07, 6.45) is -0.433. The molecule has 0 radical (unpaired) electrons. The van der Waals surface area contributed by atoms with E-state index in [0.29, 0.717) is 24.6 Å². The van der Waals surface area contributed by atoms with Crippen molar-refractivity contribution >= 4 is 23.1 Å². The van der Waals surface area contributed by atoms with E-state index in [-0.39, 0.29) is 17.4 Å². The molecule has 1 saturated heterocycles. The number of rotatable bonds is 2. The third-order valence-electron chi connectivity index (χ3n) is 3.17. The third-order valence-corrected chi connectivity index (χ3v) is 3.17.